The predicted molar refractivity (Wildman–Crippen MR) is 92.3 cm³/mol. The average Bonchev–Trinajstić information content (AvgIpc) is 2.99. The molecule has 1 aromatic carbocycles. The Kier molecular flexibility index (Phi) is 4.81. The summed E-state index contributed by atoms with van der Waals surface area (Å²) in [5.41, 5.74) is 2.66. The third kappa shape index (κ3) is 3.11. The molecule has 0 saturated heterocycles. The van der Waals surface area contributed by atoms with Gasteiger partial charge >= 0.3 is 0 Å². The first kappa shape index (κ1) is 16.1. The summed E-state index contributed by atoms with van der Waals surface area (Å²) in [7, 11) is 0. The van der Waals surface area contributed by atoms with E-state index in [2.05, 4.69) is 25.9 Å². The number of aromatic nitrogens is 4. The van der Waals surface area contributed by atoms with Crippen LogP contribution in [0.4, 0.5) is 0 Å². The van der Waals surface area contributed by atoms with Gasteiger partial charge in [0.1, 0.15) is 0 Å². The van der Waals surface area contributed by atoms with Crippen LogP contribution in [-0.4, -0.2) is 45.5 Å². The molecule has 0 fully saturated rings. The van der Waals surface area contributed by atoms with E-state index >= 15 is 0 Å². The Morgan fingerprint density at radius 1 is 1.21 bits per heavy atom. The van der Waals surface area contributed by atoms with E-state index in [-0.39, 0.29) is 5.91 Å². The summed E-state index contributed by atoms with van der Waals surface area (Å²) in [6.07, 6.45) is 1.74. The van der Waals surface area contributed by atoms with Gasteiger partial charge in [0.05, 0.1) is 16.9 Å². The van der Waals surface area contributed by atoms with Crippen molar-refractivity contribution in [3.05, 3.63) is 47.9 Å². The summed E-state index contributed by atoms with van der Waals surface area (Å²) in [6, 6.07) is 9.74. The summed E-state index contributed by atoms with van der Waals surface area (Å²) in [4.78, 5) is 16.7. The third-order valence-electron chi connectivity index (χ3n) is 3.79. The molecule has 7 nitrogen and oxygen atoms in total. The summed E-state index contributed by atoms with van der Waals surface area (Å²) in [5.74, 6) is -0.218. The minimum absolute atomic E-state index is 0.218. The zero-order valence-corrected chi connectivity index (χ0v) is 13.8. The average molecular weight is 324 g/mol. The maximum absolute atomic E-state index is 12.3. The van der Waals surface area contributed by atoms with Crippen molar-refractivity contribution < 1.29 is 4.79 Å². The molecule has 24 heavy (non-hydrogen) atoms. The molecule has 3 aromatic rings. The lowest BCUT2D eigenvalue weighted by Crippen LogP contribution is -2.32. The maximum atomic E-state index is 12.3. The van der Waals surface area contributed by atoms with E-state index in [4.69, 9.17) is 0 Å². The Morgan fingerprint density at radius 3 is 2.88 bits per heavy atom. The number of rotatable bonds is 6. The molecule has 2 N–H and O–H groups in total. The number of hydrogen-bond donors (Lipinski definition) is 2. The van der Waals surface area contributed by atoms with Crippen LogP contribution in [0, 0.1) is 6.92 Å². The van der Waals surface area contributed by atoms with Gasteiger partial charge in [0.15, 0.2) is 5.69 Å². The van der Waals surface area contributed by atoms with Crippen LogP contribution in [0.15, 0.2) is 36.5 Å². The van der Waals surface area contributed by atoms with Gasteiger partial charge in [-0.1, -0.05) is 30.3 Å². The van der Waals surface area contributed by atoms with Crippen LogP contribution in [0.1, 0.15) is 23.1 Å². The monoisotopic (exact) mass is 324 g/mol. The molecule has 0 radical (unpaired) electrons. The van der Waals surface area contributed by atoms with Crippen molar-refractivity contribution in [2.45, 2.75) is 13.8 Å². The highest BCUT2D eigenvalue weighted by Gasteiger charge is 2.18. The Bertz CT molecular complexity index is 852. The zero-order valence-electron chi connectivity index (χ0n) is 13.8. The number of hydrogen-bond acceptors (Lipinski definition) is 5. The SMILES string of the molecule is CCNCCNC(=O)c1nnn(-c2cccc3cccnc23)c1C. The van der Waals surface area contributed by atoms with Crippen LogP contribution in [-0.2, 0) is 0 Å². The van der Waals surface area contributed by atoms with E-state index < -0.39 is 0 Å². The Labute approximate surface area is 140 Å². The van der Waals surface area contributed by atoms with Crippen molar-refractivity contribution in [2.75, 3.05) is 19.6 Å². The zero-order chi connectivity index (χ0) is 16.9. The van der Waals surface area contributed by atoms with Crippen molar-refractivity contribution >= 4 is 16.8 Å². The molecule has 7 heteroatoms. The molecule has 1 amide bonds. The van der Waals surface area contributed by atoms with Gasteiger partial charge in [-0.3, -0.25) is 9.78 Å². The second-order valence-corrected chi connectivity index (χ2v) is 5.40. The van der Waals surface area contributed by atoms with Gasteiger partial charge in [0.2, 0.25) is 0 Å². The molecule has 3 rings (SSSR count). The molecular formula is C17H20N6O. The molecule has 0 spiro atoms. The number of fused-ring (bicyclic) bond motifs is 1. The quantitative estimate of drug-likeness (QED) is 0.671. The Morgan fingerprint density at radius 2 is 2.04 bits per heavy atom. The summed E-state index contributed by atoms with van der Waals surface area (Å²) in [6.45, 7) is 6.01. The van der Waals surface area contributed by atoms with E-state index in [9.17, 15) is 4.79 Å². The van der Waals surface area contributed by atoms with Gasteiger partial charge in [-0.2, -0.15) is 0 Å². The topological polar surface area (TPSA) is 84.7 Å². The Hall–Kier alpha value is -2.80. The van der Waals surface area contributed by atoms with E-state index in [1.165, 1.54) is 0 Å². The van der Waals surface area contributed by atoms with Crippen LogP contribution in [0.5, 0.6) is 0 Å². The highest BCUT2D eigenvalue weighted by Crippen LogP contribution is 2.21. The Balaban J connectivity index is 1.88. The molecular weight excluding hydrogens is 304 g/mol. The predicted octanol–water partition coefficient (Wildman–Crippen LogP) is 1.46. The first-order valence-corrected chi connectivity index (χ1v) is 7.97. The molecule has 2 heterocycles. The van der Waals surface area contributed by atoms with Gasteiger partial charge < -0.3 is 10.6 Å². The third-order valence-corrected chi connectivity index (χ3v) is 3.79. The smallest absolute Gasteiger partial charge is 0.273 e. The van der Waals surface area contributed by atoms with Gasteiger partial charge in [0.25, 0.3) is 5.91 Å². The number of carbonyl (C=O) groups excluding carboxylic acids is 1. The van der Waals surface area contributed by atoms with Crippen molar-refractivity contribution in [2.24, 2.45) is 0 Å². The van der Waals surface area contributed by atoms with E-state index in [0.717, 1.165) is 29.7 Å². The number of para-hydroxylation sites is 1. The molecule has 0 bridgehead atoms. The molecule has 0 aliphatic heterocycles. The summed E-state index contributed by atoms with van der Waals surface area (Å²) >= 11 is 0. The lowest BCUT2D eigenvalue weighted by molar-refractivity contribution is 0.0948. The van der Waals surface area contributed by atoms with Crippen molar-refractivity contribution in [1.29, 1.82) is 0 Å². The lowest BCUT2D eigenvalue weighted by atomic mass is 10.2. The standard InChI is InChI=1S/C17H20N6O/c1-3-18-10-11-20-17(24)15-12(2)23(22-21-15)14-8-4-6-13-7-5-9-19-16(13)14/h4-9,18H,3,10-11H2,1-2H3,(H,20,24). The van der Waals surface area contributed by atoms with Crippen LogP contribution < -0.4 is 10.6 Å². The van der Waals surface area contributed by atoms with Crippen molar-refractivity contribution in [1.82, 2.24) is 30.6 Å². The van der Waals surface area contributed by atoms with Crippen LogP contribution in [0.2, 0.25) is 0 Å². The van der Waals surface area contributed by atoms with Crippen LogP contribution in [0.25, 0.3) is 16.6 Å². The molecule has 2 aromatic heterocycles. The lowest BCUT2D eigenvalue weighted by Gasteiger charge is -2.07. The summed E-state index contributed by atoms with van der Waals surface area (Å²) < 4.78 is 1.66. The number of nitrogens with one attached hydrogen (secondary N) is 2. The molecule has 0 aliphatic rings. The molecule has 0 saturated carbocycles. The molecule has 0 aliphatic carbocycles. The first-order valence-electron chi connectivity index (χ1n) is 7.97. The van der Waals surface area contributed by atoms with E-state index in [1.807, 2.05) is 44.2 Å². The van der Waals surface area contributed by atoms with Crippen molar-refractivity contribution in [3.8, 4) is 5.69 Å². The number of amides is 1. The molecule has 0 atom stereocenters. The molecule has 0 unspecified atom stereocenters. The van der Waals surface area contributed by atoms with Crippen molar-refractivity contribution in [3.63, 3.8) is 0 Å². The fraction of sp³-hybridized carbons (Fsp3) is 0.294. The second-order valence-electron chi connectivity index (χ2n) is 5.40. The van der Waals surface area contributed by atoms with Crippen LogP contribution in [0.3, 0.4) is 0 Å². The van der Waals surface area contributed by atoms with E-state index in [0.29, 0.717) is 17.9 Å². The van der Waals surface area contributed by atoms with Gasteiger partial charge in [-0.25, -0.2) is 4.68 Å². The van der Waals surface area contributed by atoms with E-state index in [1.54, 1.807) is 10.9 Å². The summed E-state index contributed by atoms with van der Waals surface area (Å²) in [5, 5.41) is 15.2. The van der Waals surface area contributed by atoms with Gasteiger partial charge in [-0.15, -0.1) is 5.10 Å². The number of likely N-dealkylation sites (N-methyl/N-ethyl adjacent to an activating group) is 1. The fourth-order valence-corrected chi connectivity index (χ4v) is 2.55. The second kappa shape index (κ2) is 7.18. The minimum Gasteiger partial charge on any atom is -0.349 e. The normalized spacial score (nSPS) is 10.9. The highest BCUT2D eigenvalue weighted by molar-refractivity contribution is 5.93. The first-order chi connectivity index (χ1) is 11.7. The largest absolute Gasteiger partial charge is 0.349 e. The number of benzene rings is 1. The van der Waals surface area contributed by atoms with Crippen LogP contribution >= 0.6 is 0 Å². The minimum atomic E-state index is -0.218. The number of carbonyl (C=O) groups is 1. The van der Waals surface area contributed by atoms with Gasteiger partial charge in [0, 0.05) is 24.7 Å². The number of pyridine rings is 1. The van der Waals surface area contributed by atoms with Gasteiger partial charge in [-0.05, 0) is 25.6 Å². The fourth-order valence-electron chi connectivity index (χ4n) is 2.55. The highest BCUT2D eigenvalue weighted by atomic mass is 16.2. The molecule has 124 valence electrons. The number of nitrogens with zero attached hydrogens (tertiary/aromatic N) is 4. The maximum Gasteiger partial charge on any atom is 0.273 e.